The Labute approximate surface area is 240 Å². The van der Waals surface area contributed by atoms with E-state index in [4.69, 9.17) is 14.6 Å². The van der Waals surface area contributed by atoms with E-state index in [0.717, 1.165) is 85.8 Å². The molecule has 2 N–H and O–H groups in total. The number of rotatable bonds is 9. The number of fused-ring (bicyclic) bond motifs is 1. The molecule has 1 unspecified atom stereocenters. The lowest BCUT2D eigenvalue weighted by atomic mass is 9.88. The number of hydrogen-bond acceptors (Lipinski definition) is 9. The predicted molar refractivity (Wildman–Crippen MR) is 159 cm³/mol. The number of nitrogens with one attached hydrogen (secondary N) is 2. The Morgan fingerprint density at radius 3 is 2.66 bits per heavy atom. The number of carbonyl (C=O) groups excluding carboxylic acids is 1. The van der Waals surface area contributed by atoms with Crippen LogP contribution in [0.25, 0.3) is 16.8 Å². The van der Waals surface area contributed by atoms with Crippen LogP contribution in [0.1, 0.15) is 24.3 Å². The van der Waals surface area contributed by atoms with Gasteiger partial charge in [-0.3, -0.25) is 9.80 Å². The minimum atomic E-state index is 0.289. The number of hydrogen-bond donors (Lipinski definition) is 2. The molecule has 0 amide bonds. The molecule has 2 saturated heterocycles. The monoisotopic (exact) mass is 555 g/mol. The summed E-state index contributed by atoms with van der Waals surface area (Å²) < 4.78 is 13.3. The van der Waals surface area contributed by atoms with Crippen LogP contribution in [0.15, 0.2) is 60.8 Å². The lowest BCUT2D eigenvalue weighted by Crippen LogP contribution is -2.60. The van der Waals surface area contributed by atoms with Crippen LogP contribution >= 0.6 is 0 Å². The van der Waals surface area contributed by atoms with Crippen LogP contribution < -0.4 is 20.1 Å². The molecule has 0 aliphatic carbocycles. The number of para-hydroxylation sites is 1. The standard InChI is InChI=1S/C31H37N7O3/c1-40-28-6-4-3-5-25(28)27-10-8-24-20-33-31(35-38(24)27)34-26-9-7-23(19-29(26)41-2)22-11-14-36(15-12-22)30-21-32-13-16-37(30)17-18-39/h3-10,18-20,22,30,32H,11-17,21H2,1-2H3,(H,34,35). The summed E-state index contributed by atoms with van der Waals surface area (Å²) in [5.41, 5.74) is 4.87. The van der Waals surface area contributed by atoms with Gasteiger partial charge < -0.3 is 24.9 Å². The lowest BCUT2D eigenvalue weighted by molar-refractivity contribution is -0.111. The molecule has 10 nitrogen and oxygen atoms in total. The first-order valence-corrected chi connectivity index (χ1v) is 14.2. The Bertz CT molecular complexity index is 1500. The molecule has 0 bridgehead atoms. The number of likely N-dealkylation sites (tertiary alicyclic amines) is 1. The highest BCUT2D eigenvalue weighted by Crippen LogP contribution is 2.36. The van der Waals surface area contributed by atoms with Gasteiger partial charge in [0.25, 0.3) is 0 Å². The first-order chi connectivity index (χ1) is 20.2. The van der Waals surface area contributed by atoms with Crippen molar-refractivity contribution >= 4 is 23.4 Å². The average molecular weight is 556 g/mol. The van der Waals surface area contributed by atoms with Gasteiger partial charge >= 0.3 is 0 Å². The van der Waals surface area contributed by atoms with Gasteiger partial charge in [0.2, 0.25) is 5.95 Å². The minimum Gasteiger partial charge on any atom is -0.496 e. The molecule has 10 heteroatoms. The van der Waals surface area contributed by atoms with Crippen LogP contribution in [0.5, 0.6) is 11.5 Å². The molecule has 2 aliphatic heterocycles. The van der Waals surface area contributed by atoms with Gasteiger partial charge in [0, 0.05) is 38.3 Å². The van der Waals surface area contributed by atoms with Crippen molar-refractivity contribution in [3.8, 4) is 22.8 Å². The molecule has 2 aromatic heterocycles. The minimum absolute atomic E-state index is 0.289. The van der Waals surface area contributed by atoms with Crippen molar-refractivity contribution in [2.45, 2.75) is 24.9 Å². The first-order valence-electron chi connectivity index (χ1n) is 14.2. The summed E-state index contributed by atoms with van der Waals surface area (Å²) in [6.45, 7) is 5.28. The summed E-state index contributed by atoms with van der Waals surface area (Å²) in [6.07, 6.45) is 5.26. The van der Waals surface area contributed by atoms with Gasteiger partial charge in [-0.1, -0.05) is 18.2 Å². The van der Waals surface area contributed by atoms with Crippen molar-refractivity contribution < 1.29 is 14.3 Å². The maximum atomic E-state index is 11.2. The first kappa shape index (κ1) is 27.2. The van der Waals surface area contributed by atoms with Gasteiger partial charge in [-0.05, 0) is 60.7 Å². The fourth-order valence-corrected chi connectivity index (χ4v) is 6.14. The molecule has 2 fully saturated rings. The van der Waals surface area contributed by atoms with Crippen molar-refractivity contribution in [2.24, 2.45) is 0 Å². The maximum Gasteiger partial charge on any atom is 0.245 e. The molecule has 0 radical (unpaired) electrons. The van der Waals surface area contributed by atoms with E-state index in [9.17, 15) is 4.79 Å². The fourth-order valence-electron chi connectivity index (χ4n) is 6.14. The Hall–Kier alpha value is -3.99. The number of piperidine rings is 1. The van der Waals surface area contributed by atoms with Crippen molar-refractivity contribution in [2.75, 3.05) is 58.8 Å². The topological polar surface area (TPSA) is 96.3 Å². The van der Waals surface area contributed by atoms with E-state index in [1.165, 1.54) is 5.56 Å². The summed E-state index contributed by atoms with van der Waals surface area (Å²) >= 11 is 0. The molecule has 214 valence electrons. The fraction of sp³-hybridized carbons (Fsp3) is 0.387. The number of carbonyl (C=O) groups is 1. The van der Waals surface area contributed by atoms with E-state index < -0.39 is 0 Å². The molecule has 41 heavy (non-hydrogen) atoms. The second-order valence-corrected chi connectivity index (χ2v) is 10.6. The zero-order valence-corrected chi connectivity index (χ0v) is 23.6. The SMILES string of the molecule is COc1cc(C2CCN(C3CNCCN3CC=O)CC2)ccc1Nc1ncc2ccc(-c3ccccc3OC)n2n1. The number of benzene rings is 2. The highest BCUT2D eigenvalue weighted by molar-refractivity contribution is 5.72. The van der Waals surface area contributed by atoms with Crippen molar-refractivity contribution in [3.05, 3.63) is 66.4 Å². The Morgan fingerprint density at radius 1 is 1.02 bits per heavy atom. The van der Waals surface area contributed by atoms with Gasteiger partial charge in [0.15, 0.2) is 0 Å². The quantitative estimate of drug-likeness (QED) is 0.299. The molecule has 4 heterocycles. The lowest BCUT2D eigenvalue weighted by Gasteiger charge is -2.45. The van der Waals surface area contributed by atoms with Crippen LogP contribution in [0, 0.1) is 0 Å². The van der Waals surface area contributed by atoms with Crippen molar-refractivity contribution in [1.29, 1.82) is 0 Å². The summed E-state index contributed by atoms with van der Waals surface area (Å²) in [7, 11) is 3.37. The normalized spacial score (nSPS) is 18.8. The third kappa shape index (κ3) is 5.63. The number of aldehydes is 1. The van der Waals surface area contributed by atoms with E-state index in [-0.39, 0.29) is 6.17 Å². The molecule has 1 atom stereocenters. The highest BCUT2D eigenvalue weighted by Gasteiger charge is 2.31. The van der Waals surface area contributed by atoms with Crippen LogP contribution in [0.4, 0.5) is 11.6 Å². The van der Waals surface area contributed by atoms with E-state index in [1.807, 2.05) is 40.9 Å². The van der Waals surface area contributed by atoms with E-state index in [2.05, 4.69) is 43.6 Å². The average Bonchev–Trinajstić information content (AvgIpc) is 3.45. The molecule has 2 aliphatic rings. The molecule has 4 aromatic rings. The predicted octanol–water partition coefficient (Wildman–Crippen LogP) is 3.77. The zero-order valence-electron chi connectivity index (χ0n) is 23.6. The van der Waals surface area contributed by atoms with Crippen LogP contribution in [-0.2, 0) is 4.79 Å². The number of nitrogens with zero attached hydrogens (tertiary/aromatic N) is 5. The summed E-state index contributed by atoms with van der Waals surface area (Å²) in [5, 5.41) is 11.6. The number of methoxy groups -OCH3 is 2. The number of ether oxygens (including phenoxy) is 2. The van der Waals surface area contributed by atoms with E-state index >= 15 is 0 Å². The van der Waals surface area contributed by atoms with Crippen LogP contribution in [0.2, 0.25) is 0 Å². The number of anilines is 2. The third-order valence-corrected chi connectivity index (χ3v) is 8.31. The molecule has 6 rings (SSSR count). The Kier molecular flexibility index (Phi) is 8.13. The van der Waals surface area contributed by atoms with Gasteiger partial charge in [0.1, 0.15) is 17.8 Å². The second kappa shape index (κ2) is 12.3. The maximum absolute atomic E-state index is 11.2. The zero-order chi connectivity index (χ0) is 28.2. The Morgan fingerprint density at radius 2 is 1.85 bits per heavy atom. The molecule has 0 saturated carbocycles. The largest absolute Gasteiger partial charge is 0.496 e. The van der Waals surface area contributed by atoms with Gasteiger partial charge in [0.05, 0.1) is 50.0 Å². The molecule has 2 aromatic carbocycles. The molecular formula is C31H37N7O3. The number of piperazine rings is 1. The third-order valence-electron chi connectivity index (χ3n) is 8.31. The van der Waals surface area contributed by atoms with Crippen molar-refractivity contribution in [3.63, 3.8) is 0 Å². The molecular weight excluding hydrogens is 518 g/mol. The highest BCUT2D eigenvalue weighted by atomic mass is 16.5. The summed E-state index contributed by atoms with van der Waals surface area (Å²) in [4.78, 5) is 20.5. The van der Waals surface area contributed by atoms with Crippen LogP contribution in [0.3, 0.4) is 0 Å². The van der Waals surface area contributed by atoms with Crippen LogP contribution in [-0.4, -0.2) is 90.3 Å². The Balaban J connectivity index is 1.17. The molecule has 0 spiro atoms. The van der Waals surface area contributed by atoms with Gasteiger partial charge in [-0.25, -0.2) is 9.50 Å². The summed E-state index contributed by atoms with van der Waals surface area (Å²) in [5.74, 6) is 2.49. The van der Waals surface area contributed by atoms with Gasteiger partial charge in [-0.15, -0.1) is 5.10 Å². The smallest absolute Gasteiger partial charge is 0.245 e. The number of aromatic nitrogens is 3. The van der Waals surface area contributed by atoms with Gasteiger partial charge in [-0.2, -0.15) is 0 Å². The second-order valence-electron chi connectivity index (χ2n) is 10.6. The van der Waals surface area contributed by atoms with E-state index in [0.29, 0.717) is 18.4 Å². The summed E-state index contributed by atoms with van der Waals surface area (Å²) in [6, 6.07) is 18.3. The van der Waals surface area contributed by atoms with Crippen molar-refractivity contribution in [1.82, 2.24) is 29.7 Å². The van der Waals surface area contributed by atoms with E-state index in [1.54, 1.807) is 20.4 Å².